The van der Waals surface area contributed by atoms with Crippen molar-refractivity contribution in [2.45, 2.75) is 43.5 Å². The number of carbonyl (C=O) groups is 1. The number of aryl methyl sites for hydroxylation is 1. The molecular formula is C20H24ClN3O3S. The Balaban J connectivity index is 0.00000225. The van der Waals surface area contributed by atoms with Gasteiger partial charge in [-0.1, -0.05) is 12.1 Å². The second-order valence-electron chi connectivity index (χ2n) is 7.24. The first-order chi connectivity index (χ1) is 12.8. The van der Waals surface area contributed by atoms with Crippen molar-refractivity contribution >= 4 is 39.7 Å². The molecule has 0 spiro atoms. The van der Waals surface area contributed by atoms with Crippen LogP contribution in [0.3, 0.4) is 0 Å². The summed E-state index contributed by atoms with van der Waals surface area (Å²) in [6.07, 6.45) is 3.32. The zero-order valence-corrected chi connectivity index (χ0v) is 17.3. The number of fused-ring (bicyclic) bond motifs is 2. The minimum absolute atomic E-state index is 0. The molecule has 1 aliphatic carbocycles. The van der Waals surface area contributed by atoms with Gasteiger partial charge in [-0.2, -0.15) is 0 Å². The fourth-order valence-electron chi connectivity index (χ4n) is 4.07. The van der Waals surface area contributed by atoms with Crippen LogP contribution in [0.5, 0.6) is 0 Å². The van der Waals surface area contributed by atoms with E-state index in [1.807, 2.05) is 24.3 Å². The third-order valence-corrected chi connectivity index (χ3v) is 6.89. The molecule has 2 aliphatic rings. The van der Waals surface area contributed by atoms with Gasteiger partial charge >= 0.3 is 0 Å². The quantitative estimate of drug-likeness (QED) is 0.745. The third kappa shape index (κ3) is 3.74. The van der Waals surface area contributed by atoms with Crippen molar-refractivity contribution in [3.63, 3.8) is 0 Å². The molecule has 0 fully saturated rings. The molecule has 0 saturated carbocycles. The van der Waals surface area contributed by atoms with Crippen LogP contribution < -0.4 is 15.4 Å². The molecule has 1 unspecified atom stereocenters. The summed E-state index contributed by atoms with van der Waals surface area (Å²) in [5.74, 6) is -0.0740. The van der Waals surface area contributed by atoms with Crippen LogP contribution in [0.25, 0.3) is 0 Å². The molecule has 2 aromatic rings. The number of sulfonamides is 1. The number of anilines is 2. The molecule has 3 N–H and O–H groups in total. The Morgan fingerprint density at radius 1 is 1.14 bits per heavy atom. The number of nitrogens with two attached hydrogens (primary N) is 1. The lowest BCUT2D eigenvalue weighted by atomic mass is 9.88. The van der Waals surface area contributed by atoms with Gasteiger partial charge in [-0.05, 0) is 66.6 Å². The second-order valence-corrected chi connectivity index (χ2v) is 8.95. The van der Waals surface area contributed by atoms with E-state index in [0.717, 1.165) is 42.4 Å². The van der Waals surface area contributed by atoms with Crippen LogP contribution in [0.1, 0.15) is 42.5 Å². The van der Waals surface area contributed by atoms with Gasteiger partial charge in [0.15, 0.2) is 0 Å². The number of hydrogen-bond acceptors (Lipinski definition) is 4. The molecule has 1 amide bonds. The summed E-state index contributed by atoms with van der Waals surface area (Å²) < 4.78 is 28.9. The van der Waals surface area contributed by atoms with E-state index >= 15 is 0 Å². The molecule has 0 bridgehead atoms. The summed E-state index contributed by atoms with van der Waals surface area (Å²) in [5.41, 5.74) is 10.4. The first-order valence-corrected chi connectivity index (χ1v) is 10.6. The van der Waals surface area contributed by atoms with Gasteiger partial charge in [-0.15, -0.1) is 12.4 Å². The van der Waals surface area contributed by atoms with Gasteiger partial charge < -0.3 is 10.6 Å². The number of amides is 1. The van der Waals surface area contributed by atoms with E-state index in [2.05, 4.69) is 4.72 Å². The minimum atomic E-state index is -3.70. The molecule has 1 heterocycles. The Morgan fingerprint density at radius 3 is 2.68 bits per heavy atom. The molecule has 1 aliphatic heterocycles. The summed E-state index contributed by atoms with van der Waals surface area (Å²) in [7, 11) is -3.70. The van der Waals surface area contributed by atoms with Crippen LogP contribution in [0.4, 0.5) is 11.4 Å². The standard InChI is InChI=1S/C20H23N3O3S.ClH/c1-13(24)23-10-9-14-5-7-17(12-20(14)23)27(25,26)22-19-4-2-3-15-11-16(21)6-8-18(15)19;/h5-8,11-12,19,22H,2-4,9-10,21H2,1H3;1H. The molecule has 6 nitrogen and oxygen atoms in total. The Kier molecular flexibility index (Phi) is 5.70. The molecular weight excluding hydrogens is 398 g/mol. The fraction of sp³-hybridized carbons (Fsp3) is 0.350. The highest BCUT2D eigenvalue weighted by Gasteiger charge is 2.28. The summed E-state index contributed by atoms with van der Waals surface area (Å²) in [6, 6.07) is 10.4. The van der Waals surface area contributed by atoms with E-state index in [1.165, 1.54) is 6.92 Å². The normalized spacial score (nSPS) is 18.2. The Bertz CT molecular complexity index is 1020. The van der Waals surface area contributed by atoms with Crippen molar-refractivity contribution in [1.82, 2.24) is 4.72 Å². The van der Waals surface area contributed by atoms with Gasteiger partial charge in [0.05, 0.1) is 4.90 Å². The van der Waals surface area contributed by atoms with Crippen molar-refractivity contribution in [3.05, 3.63) is 53.1 Å². The number of nitrogen functional groups attached to an aromatic ring is 1. The molecule has 0 radical (unpaired) electrons. The molecule has 150 valence electrons. The van der Waals surface area contributed by atoms with Crippen molar-refractivity contribution in [3.8, 4) is 0 Å². The lowest BCUT2D eigenvalue weighted by Gasteiger charge is -2.26. The number of nitrogens with one attached hydrogen (secondary N) is 1. The highest BCUT2D eigenvalue weighted by Crippen LogP contribution is 2.34. The smallest absolute Gasteiger partial charge is 0.241 e. The zero-order chi connectivity index (χ0) is 19.2. The molecule has 28 heavy (non-hydrogen) atoms. The monoisotopic (exact) mass is 421 g/mol. The third-order valence-electron chi connectivity index (χ3n) is 5.42. The average molecular weight is 422 g/mol. The van der Waals surface area contributed by atoms with Crippen LogP contribution >= 0.6 is 12.4 Å². The maximum Gasteiger partial charge on any atom is 0.241 e. The van der Waals surface area contributed by atoms with E-state index < -0.39 is 10.0 Å². The largest absolute Gasteiger partial charge is 0.399 e. The lowest BCUT2D eigenvalue weighted by Crippen LogP contribution is -2.31. The van der Waals surface area contributed by atoms with Crippen LogP contribution in [-0.4, -0.2) is 20.9 Å². The predicted octanol–water partition coefficient (Wildman–Crippen LogP) is 2.96. The van der Waals surface area contributed by atoms with Gasteiger partial charge in [-0.25, -0.2) is 13.1 Å². The van der Waals surface area contributed by atoms with E-state index in [-0.39, 0.29) is 29.3 Å². The molecule has 8 heteroatoms. The SMILES string of the molecule is CC(=O)N1CCc2ccc(S(=O)(=O)NC3CCCc4cc(N)ccc43)cc21.Cl. The lowest BCUT2D eigenvalue weighted by molar-refractivity contribution is -0.116. The number of carbonyl (C=O) groups excluding carboxylic acids is 1. The average Bonchev–Trinajstić information content (AvgIpc) is 3.05. The van der Waals surface area contributed by atoms with Crippen LogP contribution in [0, 0.1) is 0 Å². The molecule has 1 atom stereocenters. The van der Waals surface area contributed by atoms with Gasteiger partial charge in [-0.3, -0.25) is 4.79 Å². The fourth-order valence-corrected chi connectivity index (χ4v) is 5.33. The van der Waals surface area contributed by atoms with Crippen LogP contribution in [0.15, 0.2) is 41.3 Å². The van der Waals surface area contributed by atoms with Crippen LogP contribution in [0.2, 0.25) is 0 Å². The summed E-state index contributed by atoms with van der Waals surface area (Å²) in [5, 5.41) is 0. The van der Waals surface area contributed by atoms with E-state index in [4.69, 9.17) is 5.73 Å². The minimum Gasteiger partial charge on any atom is -0.399 e. The van der Waals surface area contributed by atoms with Crippen LogP contribution in [-0.2, 0) is 27.7 Å². The van der Waals surface area contributed by atoms with Gasteiger partial charge in [0, 0.05) is 30.9 Å². The number of rotatable bonds is 3. The Hall–Kier alpha value is -2.09. The topological polar surface area (TPSA) is 92.5 Å². The maximum absolute atomic E-state index is 13.0. The maximum atomic E-state index is 13.0. The van der Waals surface area contributed by atoms with Gasteiger partial charge in [0.2, 0.25) is 15.9 Å². The zero-order valence-electron chi connectivity index (χ0n) is 15.6. The van der Waals surface area contributed by atoms with Gasteiger partial charge in [0.25, 0.3) is 0 Å². The summed E-state index contributed by atoms with van der Waals surface area (Å²) in [6.45, 7) is 2.10. The number of benzene rings is 2. The summed E-state index contributed by atoms with van der Waals surface area (Å²) in [4.78, 5) is 13.6. The van der Waals surface area contributed by atoms with Gasteiger partial charge in [0.1, 0.15) is 0 Å². The summed E-state index contributed by atoms with van der Waals surface area (Å²) >= 11 is 0. The number of nitrogens with zero attached hydrogens (tertiary/aromatic N) is 1. The Morgan fingerprint density at radius 2 is 1.93 bits per heavy atom. The van der Waals surface area contributed by atoms with Crippen molar-refractivity contribution in [2.24, 2.45) is 0 Å². The predicted molar refractivity (Wildman–Crippen MR) is 112 cm³/mol. The second kappa shape index (κ2) is 7.73. The van der Waals surface area contributed by atoms with Crippen molar-refractivity contribution in [2.75, 3.05) is 17.2 Å². The van der Waals surface area contributed by atoms with E-state index in [1.54, 1.807) is 17.0 Å². The molecule has 0 aromatic heterocycles. The van der Waals surface area contributed by atoms with Crippen molar-refractivity contribution < 1.29 is 13.2 Å². The number of halogens is 1. The first kappa shape index (κ1) is 20.6. The molecule has 2 aromatic carbocycles. The first-order valence-electron chi connectivity index (χ1n) is 9.17. The molecule has 4 rings (SSSR count). The highest BCUT2D eigenvalue weighted by molar-refractivity contribution is 7.89. The van der Waals surface area contributed by atoms with Crippen molar-refractivity contribution in [1.29, 1.82) is 0 Å². The number of hydrogen-bond donors (Lipinski definition) is 2. The highest BCUT2D eigenvalue weighted by atomic mass is 35.5. The van der Waals surface area contributed by atoms with E-state index in [0.29, 0.717) is 17.9 Å². The van der Waals surface area contributed by atoms with E-state index in [9.17, 15) is 13.2 Å². The molecule has 0 saturated heterocycles. The Labute approximate surface area is 171 Å².